The number of aromatic nitrogens is 2. The number of hydrogen-bond acceptors (Lipinski definition) is 5. The quantitative estimate of drug-likeness (QED) is 0.747. The van der Waals surface area contributed by atoms with Crippen molar-refractivity contribution in [2.45, 2.75) is 51.9 Å². The maximum Gasteiger partial charge on any atom is 0.333 e. The van der Waals surface area contributed by atoms with Crippen LogP contribution in [0.1, 0.15) is 37.7 Å². The van der Waals surface area contributed by atoms with Crippen LogP contribution in [-0.2, 0) is 11.5 Å². The molecule has 1 aromatic heterocycles. The topological polar surface area (TPSA) is 93.6 Å². The van der Waals surface area contributed by atoms with Crippen LogP contribution in [0.4, 0.5) is 0 Å². The fourth-order valence-electron chi connectivity index (χ4n) is 2.48. The molecule has 2 N–H and O–H groups in total. The Labute approximate surface area is 122 Å². The molecule has 1 heterocycles. The summed E-state index contributed by atoms with van der Waals surface area (Å²) >= 11 is 0. The number of aliphatic hydroxyl groups excluding tert-OH is 1. The van der Waals surface area contributed by atoms with Crippen LogP contribution < -0.4 is 16.0 Å². The van der Waals surface area contributed by atoms with Crippen LogP contribution in [0, 0.1) is 6.92 Å². The molecule has 2 rings (SSSR count). The van der Waals surface area contributed by atoms with Gasteiger partial charge in [0.25, 0.3) is 5.56 Å². The number of aliphatic hydroxyl groups is 1. The van der Waals surface area contributed by atoms with E-state index in [1.165, 1.54) is 11.0 Å². The molecular formula is C14H22N2O5. The van der Waals surface area contributed by atoms with Crippen molar-refractivity contribution in [3.05, 3.63) is 26.4 Å². The van der Waals surface area contributed by atoms with Crippen molar-refractivity contribution in [3.63, 3.8) is 0 Å². The van der Waals surface area contributed by atoms with Crippen LogP contribution in [0.2, 0.25) is 0 Å². The number of nitrogens with one attached hydrogen (secondary N) is 1. The molecule has 1 saturated carbocycles. The second-order valence-corrected chi connectivity index (χ2v) is 5.26. The van der Waals surface area contributed by atoms with Crippen LogP contribution in [0.3, 0.4) is 0 Å². The van der Waals surface area contributed by atoms with Gasteiger partial charge in [0.1, 0.15) is 12.8 Å². The molecule has 0 aromatic carbocycles. The molecule has 0 atom stereocenters. The van der Waals surface area contributed by atoms with Crippen molar-refractivity contribution in [3.8, 4) is 5.88 Å². The molecule has 118 valence electrons. The first-order valence-corrected chi connectivity index (χ1v) is 7.32. The lowest BCUT2D eigenvalue weighted by atomic mass is 9.98. The molecule has 1 aromatic rings. The molecular weight excluding hydrogens is 276 g/mol. The second kappa shape index (κ2) is 7.42. The van der Waals surface area contributed by atoms with Gasteiger partial charge in [0.05, 0.1) is 18.8 Å². The molecule has 0 bridgehead atoms. The van der Waals surface area contributed by atoms with E-state index in [-0.39, 0.29) is 31.9 Å². The molecule has 1 fully saturated rings. The summed E-state index contributed by atoms with van der Waals surface area (Å²) in [6.07, 6.45) is 5.27. The highest BCUT2D eigenvalue weighted by molar-refractivity contribution is 5.22. The van der Waals surface area contributed by atoms with Gasteiger partial charge in [0, 0.05) is 0 Å². The van der Waals surface area contributed by atoms with E-state index in [2.05, 4.69) is 4.98 Å². The van der Waals surface area contributed by atoms with Gasteiger partial charge >= 0.3 is 5.69 Å². The van der Waals surface area contributed by atoms with Crippen LogP contribution >= 0.6 is 0 Å². The molecule has 0 radical (unpaired) electrons. The number of rotatable bonds is 6. The molecule has 0 spiro atoms. The predicted molar refractivity (Wildman–Crippen MR) is 76.6 cm³/mol. The molecule has 7 nitrogen and oxygen atoms in total. The second-order valence-electron chi connectivity index (χ2n) is 5.26. The van der Waals surface area contributed by atoms with E-state index in [9.17, 15) is 9.59 Å². The Bertz CT molecular complexity index is 572. The zero-order valence-electron chi connectivity index (χ0n) is 12.3. The van der Waals surface area contributed by atoms with Gasteiger partial charge in [0.15, 0.2) is 0 Å². The van der Waals surface area contributed by atoms with Gasteiger partial charge in [-0.05, 0) is 32.6 Å². The molecule has 21 heavy (non-hydrogen) atoms. The Morgan fingerprint density at radius 2 is 2.00 bits per heavy atom. The number of H-pyrrole nitrogens is 1. The van der Waals surface area contributed by atoms with E-state index >= 15 is 0 Å². The van der Waals surface area contributed by atoms with E-state index < -0.39 is 11.2 Å². The first kappa shape index (κ1) is 15.8. The Kier molecular flexibility index (Phi) is 5.58. The lowest BCUT2D eigenvalue weighted by molar-refractivity contribution is 0.0350. The lowest BCUT2D eigenvalue weighted by Gasteiger charge is -2.25. The number of aromatic amines is 1. The summed E-state index contributed by atoms with van der Waals surface area (Å²) in [5.41, 5.74) is -0.633. The predicted octanol–water partition coefficient (Wildman–Crippen LogP) is 0.523. The van der Waals surface area contributed by atoms with Crippen molar-refractivity contribution in [2.24, 2.45) is 0 Å². The summed E-state index contributed by atoms with van der Waals surface area (Å²) < 4.78 is 12.4. The fraction of sp³-hybridized carbons (Fsp3) is 0.714. The molecule has 0 aliphatic heterocycles. The van der Waals surface area contributed by atoms with E-state index in [0.717, 1.165) is 25.7 Å². The van der Waals surface area contributed by atoms with Gasteiger partial charge in [-0.1, -0.05) is 6.42 Å². The van der Waals surface area contributed by atoms with Crippen LogP contribution in [0.5, 0.6) is 5.88 Å². The highest BCUT2D eigenvalue weighted by atomic mass is 16.5. The van der Waals surface area contributed by atoms with Gasteiger partial charge in [-0.2, -0.15) is 0 Å². The third-order valence-electron chi connectivity index (χ3n) is 3.66. The Balaban J connectivity index is 2.26. The van der Waals surface area contributed by atoms with Gasteiger partial charge in [-0.25, -0.2) is 9.36 Å². The first-order valence-electron chi connectivity index (χ1n) is 7.32. The van der Waals surface area contributed by atoms with Gasteiger partial charge in [-0.3, -0.25) is 9.78 Å². The van der Waals surface area contributed by atoms with E-state index in [1.54, 1.807) is 6.92 Å². The summed E-state index contributed by atoms with van der Waals surface area (Å²) in [6, 6.07) is 0. The van der Waals surface area contributed by atoms with Crippen molar-refractivity contribution < 1.29 is 14.6 Å². The summed E-state index contributed by atoms with van der Waals surface area (Å²) in [5.74, 6) is 0.272. The zero-order chi connectivity index (χ0) is 15.2. The summed E-state index contributed by atoms with van der Waals surface area (Å²) in [7, 11) is 0. The minimum Gasteiger partial charge on any atom is -0.475 e. The van der Waals surface area contributed by atoms with Crippen LogP contribution in [0.15, 0.2) is 9.59 Å². The van der Waals surface area contributed by atoms with Crippen molar-refractivity contribution in [1.82, 2.24) is 9.55 Å². The number of hydrogen-bond donors (Lipinski definition) is 2. The maximum atomic E-state index is 11.9. The molecule has 1 aliphatic carbocycles. The summed E-state index contributed by atoms with van der Waals surface area (Å²) in [6.45, 7) is 1.56. The van der Waals surface area contributed by atoms with E-state index in [0.29, 0.717) is 5.56 Å². The highest BCUT2D eigenvalue weighted by Gasteiger charge is 2.20. The number of nitrogens with zero attached hydrogens (tertiary/aromatic N) is 1. The van der Waals surface area contributed by atoms with Crippen LogP contribution in [0.25, 0.3) is 0 Å². The van der Waals surface area contributed by atoms with E-state index in [1.807, 2.05) is 0 Å². The summed E-state index contributed by atoms with van der Waals surface area (Å²) in [5, 5.41) is 8.74. The first-order chi connectivity index (χ1) is 10.1. The molecule has 0 amide bonds. The normalized spacial score (nSPS) is 16.1. The smallest absolute Gasteiger partial charge is 0.333 e. The summed E-state index contributed by atoms with van der Waals surface area (Å²) in [4.78, 5) is 25.9. The van der Waals surface area contributed by atoms with E-state index in [4.69, 9.17) is 14.6 Å². The molecule has 0 unspecified atom stereocenters. The molecule has 1 aliphatic rings. The minimum atomic E-state index is -0.561. The lowest BCUT2D eigenvalue weighted by Crippen LogP contribution is -2.35. The monoisotopic (exact) mass is 298 g/mol. The minimum absolute atomic E-state index is 0.0303. The zero-order valence-corrected chi connectivity index (χ0v) is 12.3. The number of ether oxygens (including phenoxy) is 2. The van der Waals surface area contributed by atoms with Gasteiger partial charge < -0.3 is 14.6 Å². The molecule has 0 saturated heterocycles. The van der Waals surface area contributed by atoms with Crippen molar-refractivity contribution in [1.29, 1.82) is 0 Å². The standard InChI is InChI=1S/C14H22N2O5/c1-10-12(18)15-14(19)16(9-20-8-7-17)13(10)21-11-5-3-2-4-6-11/h11,17H,2-9H2,1H3,(H,15,18,19). The molecule has 7 heteroatoms. The largest absolute Gasteiger partial charge is 0.475 e. The van der Waals surface area contributed by atoms with Gasteiger partial charge in [-0.15, -0.1) is 0 Å². The average molecular weight is 298 g/mol. The van der Waals surface area contributed by atoms with Crippen molar-refractivity contribution >= 4 is 0 Å². The maximum absolute atomic E-state index is 11.9. The third-order valence-corrected chi connectivity index (χ3v) is 3.66. The fourth-order valence-corrected chi connectivity index (χ4v) is 2.48. The van der Waals surface area contributed by atoms with Gasteiger partial charge in [0.2, 0.25) is 5.88 Å². The average Bonchev–Trinajstić information content (AvgIpc) is 2.49. The SMILES string of the molecule is Cc1c(OC2CCCCC2)n(COCCO)c(=O)[nH]c1=O. The Morgan fingerprint density at radius 1 is 1.29 bits per heavy atom. The Hall–Kier alpha value is -1.60. The third kappa shape index (κ3) is 3.95. The Morgan fingerprint density at radius 3 is 2.67 bits per heavy atom. The van der Waals surface area contributed by atoms with Crippen molar-refractivity contribution in [2.75, 3.05) is 13.2 Å². The van der Waals surface area contributed by atoms with Crippen LogP contribution in [-0.4, -0.2) is 34.0 Å². The highest BCUT2D eigenvalue weighted by Crippen LogP contribution is 2.23.